The monoisotopic (exact) mass is 376 g/mol. The van der Waals surface area contributed by atoms with Crippen LogP contribution in [-0.2, 0) is 0 Å². The van der Waals surface area contributed by atoms with Crippen molar-refractivity contribution in [1.29, 1.82) is 0 Å². The van der Waals surface area contributed by atoms with E-state index in [1.54, 1.807) is 0 Å². The van der Waals surface area contributed by atoms with Gasteiger partial charge in [-0.2, -0.15) is 0 Å². The van der Waals surface area contributed by atoms with E-state index in [-0.39, 0.29) is 6.10 Å². The largest absolute Gasteiger partial charge is 0.393 e. The highest BCUT2D eigenvalue weighted by atomic mass is 16.3. The highest BCUT2D eigenvalue weighted by molar-refractivity contribution is 5.09. The Morgan fingerprint density at radius 3 is 2.26 bits per heavy atom. The van der Waals surface area contributed by atoms with E-state index < -0.39 is 0 Å². The van der Waals surface area contributed by atoms with Crippen LogP contribution in [0.15, 0.2) is 0 Å². The third-order valence-electron chi connectivity index (χ3n) is 9.99. The summed E-state index contributed by atoms with van der Waals surface area (Å²) in [5.74, 6) is 4.81. The SMILES string of the molecule is CC.CCCCCC1CCC2C3CCC4C[C@H](O)CCC4(C)C3CCC12C. The summed E-state index contributed by atoms with van der Waals surface area (Å²) in [6, 6.07) is 0. The number of fused-ring (bicyclic) bond motifs is 5. The molecule has 4 fully saturated rings. The molecule has 4 aliphatic carbocycles. The second-order valence-corrected chi connectivity index (χ2v) is 10.9. The minimum Gasteiger partial charge on any atom is -0.393 e. The first-order valence-corrected chi connectivity index (χ1v) is 12.7. The Morgan fingerprint density at radius 2 is 1.52 bits per heavy atom. The van der Waals surface area contributed by atoms with Crippen molar-refractivity contribution in [3.05, 3.63) is 0 Å². The van der Waals surface area contributed by atoms with E-state index in [0.29, 0.717) is 10.8 Å². The average Bonchev–Trinajstić information content (AvgIpc) is 3.01. The third kappa shape index (κ3) is 3.76. The topological polar surface area (TPSA) is 20.2 Å². The van der Waals surface area contributed by atoms with Gasteiger partial charge in [-0.05, 0) is 105 Å². The second-order valence-electron chi connectivity index (χ2n) is 10.9. The van der Waals surface area contributed by atoms with E-state index in [1.807, 2.05) is 13.8 Å². The zero-order valence-electron chi connectivity index (χ0n) is 19.1. The van der Waals surface area contributed by atoms with Crippen molar-refractivity contribution < 1.29 is 5.11 Å². The summed E-state index contributed by atoms with van der Waals surface area (Å²) in [6.45, 7) is 11.7. The van der Waals surface area contributed by atoms with Crippen LogP contribution in [0.3, 0.4) is 0 Å². The van der Waals surface area contributed by atoms with Crippen LogP contribution >= 0.6 is 0 Å². The molecule has 7 unspecified atom stereocenters. The molecule has 4 saturated carbocycles. The van der Waals surface area contributed by atoms with Crippen molar-refractivity contribution in [3.63, 3.8) is 0 Å². The molecule has 0 aromatic heterocycles. The summed E-state index contributed by atoms with van der Waals surface area (Å²) in [4.78, 5) is 0. The molecule has 0 heterocycles. The third-order valence-corrected chi connectivity index (χ3v) is 9.99. The van der Waals surface area contributed by atoms with Crippen LogP contribution in [0.25, 0.3) is 0 Å². The molecule has 0 bridgehead atoms. The van der Waals surface area contributed by atoms with Gasteiger partial charge >= 0.3 is 0 Å². The van der Waals surface area contributed by atoms with Gasteiger partial charge in [-0.15, -0.1) is 0 Å². The van der Waals surface area contributed by atoms with Crippen LogP contribution in [0, 0.1) is 40.4 Å². The zero-order valence-corrected chi connectivity index (χ0v) is 19.1. The number of unbranched alkanes of at least 4 members (excludes halogenated alkanes) is 2. The van der Waals surface area contributed by atoms with Crippen molar-refractivity contribution in [2.45, 2.75) is 124 Å². The Labute approximate surface area is 170 Å². The van der Waals surface area contributed by atoms with E-state index >= 15 is 0 Å². The van der Waals surface area contributed by atoms with Gasteiger partial charge in [-0.1, -0.05) is 53.9 Å². The second kappa shape index (κ2) is 8.76. The van der Waals surface area contributed by atoms with Gasteiger partial charge in [0.1, 0.15) is 0 Å². The van der Waals surface area contributed by atoms with Crippen LogP contribution < -0.4 is 0 Å². The van der Waals surface area contributed by atoms with Crippen molar-refractivity contribution in [2.75, 3.05) is 0 Å². The van der Waals surface area contributed by atoms with Gasteiger partial charge in [0.15, 0.2) is 0 Å². The van der Waals surface area contributed by atoms with Crippen LogP contribution in [0.1, 0.15) is 118 Å². The van der Waals surface area contributed by atoms with Gasteiger partial charge < -0.3 is 5.11 Å². The molecule has 1 N–H and O–H groups in total. The first-order chi connectivity index (χ1) is 13.0. The Balaban J connectivity index is 0.00000102. The van der Waals surface area contributed by atoms with Crippen LogP contribution in [0.2, 0.25) is 0 Å². The van der Waals surface area contributed by atoms with Crippen LogP contribution in [-0.4, -0.2) is 11.2 Å². The fraction of sp³-hybridized carbons (Fsp3) is 1.00. The maximum Gasteiger partial charge on any atom is 0.0543 e. The van der Waals surface area contributed by atoms with E-state index in [4.69, 9.17) is 0 Å². The first kappa shape index (κ1) is 21.7. The van der Waals surface area contributed by atoms with E-state index in [1.165, 1.54) is 70.6 Å². The highest BCUT2D eigenvalue weighted by Gasteiger charge is 2.59. The summed E-state index contributed by atoms with van der Waals surface area (Å²) in [5.41, 5.74) is 1.20. The minimum absolute atomic E-state index is 0.00194. The van der Waals surface area contributed by atoms with Crippen LogP contribution in [0.4, 0.5) is 0 Å². The molecule has 0 aromatic rings. The lowest BCUT2D eigenvalue weighted by atomic mass is 9.44. The molecule has 8 atom stereocenters. The summed E-state index contributed by atoms with van der Waals surface area (Å²) >= 11 is 0. The first-order valence-electron chi connectivity index (χ1n) is 12.7. The zero-order chi connectivity index (χ0) is 19.7. The Morgan fingerprint density at radius 1 is 0.815 bits per heavy atom. The molecule has 1 heteroatoms. The quantitative estimate of drug-likeness (QED) is 0.500. The molecular weight excluding hydrogens is 328 g/mol. The minimum atomic E-state index is -0.00194. The van der Waals surface area contributed by atoms with Gasteiger partial charge in [0.2, 0.25) is 0 Å². The van der Waals surface area contributed by atoms with Crippen molar-refractivity contribution in [1.82, 2.24) is 0 Å². The van der Waals surface area contributed by atoms with E-state index in [9.17, 15) is 5.11 Å². The van der Waals surface area contributed by atoms with Crippen LogP contribution in [0.5, 0.6) is 0 Å². The molecule has 4 aliphatic rings. The molecule has 0 radical (unpaired) electrons. The fourth-order valence-corrected chi connectivity index (χ4v) is 8.46. The Hall–Kier alpha value is -0.0400. The lowest BCUT2D eigenvalue weighted by molar-refractivity contribution is -0.127. The number of hydrogen-bond donors (Lipinski definition) is 1. The smallest absolute Gasteiger partial charge is 0.0543 e. The van der Waals surface area contributed by atoms with Gasteiger partial charge in [0.05, 0.1) is 6.10 Å². The van der Waals surface area contributed by atoms with Gasteiger partial charge in [-0.3, -0.25) is 0 Å². The number of aliphatic hydroxyl groups is 1. The van der Waals surface area contributed by atoms with Gasteiger partial charge in [0.25, 0.3) is 0 Å². The number of hydrogen-bond acceptors (Lipinski definition) is 1. The Kier molecular flexibility index (Phi) is 7.03. The summed E-state index contributed by atoms with van der Waals surface area (Å²) in [6.07, 6.45) is 18.1. The molecule has 4 rings (SSSR count). The summed E-state index contributed by atoms with van der Waals surface area (Å²) in [5, 5.41) is 10.2. The number of aliphatic hydroxyl groups excluding tert-OH is 1. The van der Waals surface area contributed by atoms with Gasteiger partial charge in [-0.25, -0.2) is 0 Å². The molecule has 0 saturated heterocycles. The summed E-state index contributed by atoms with van der Waals surface area (Å²) in [7, 11) is 0. The highest BCUT2D eigenvalue weighted by Crippen LogP contribution is 2.67. The lowest BCUT2D eigenvalue weighted by Gasteiger charge is -2.61. The predicted molar refractivity (Wildman–Crippen MR) is 117 cm³/mol. The van der Waals surface area contributed by atoms with Crippen molar-refractivity contribution in [3.8, 4) is 0 Å². The van der Waals surface area contributed by atoms with E-state index in [2.05, 4.69) is 20.8 Å². The molecule has 158 valence electrons. The standard InChI is InChI=1S/C24H42O.C2H6/c1-4-5-6-7-17-9-11-21-20-10-8-18-16-19(25)12-14-24(18,3)22(20)13-15-23(17,21)2;1-2/h17-22,25H,4-16H2,1-3H3;1-2H3/t17?,18?,19-,20?,21?,22?,23?,24?;/m1./s1. The number of rotatable bonds is 4. The van der Waals surface area contributed by atoms with Gasteiger partial charge in [0, 0.05) is 0 Å². The molecule has 27 heavy (non-hydrogen) atoms. The van der Waals surface area contributed by atoms with Crippen molar-refractivity contribution in [2.24, 2.45) is 40.4 Å². The lowest BCUT2D eigenvalue weighted by Crippen LogP contribution is -2.53. The summed E-state index contributed by atoms with van der Waals surface area (Å²) < 4.78 is 0. The normalized spacial score (nSPS) is 48.7. The van der Waals surface area contributed by atoms with E-state index in [0.717, 1.165) is 42.4 Å². The maximum atomic E-state index is 10.2. The predicted octanol–water partition coefficient (Wildman–Crippen LogP) is 7.61. The fourth-order valence-electron chi connectivity index (χ4n) is 8.46. The molecule has 0 amide bonds. The van der Waals surface area contributed by atoms with Crippen molar-refractivity contribution >= 4 is 0 Å². The molecule has 0 aliphatic heterocycles. The molecule has 1 nitrogen and oxygen atoms in total. The maximum absolute atomic E-state index is 10.2. The average molecular weight is 377 g/mol. The molecule has 0 aromatic carbocycles. The molecule has 0 spiro atoms. The molecular formula is C26H48O. The Bertz CT molecular complexity index is 473.